The number of halogens is 1. The molecule has 1 aliphatic heterocycles. The Bertz CT molecular complexity index is 994. The van der Waals surface area contributed by atoms with Gasteiger partial charge in [0.05, 0.1) is 7.11 Å². The molecule has 1 amide bonds. The number of piperazine rings is 1. The smallest absolute Gasteiger partial charge is 0.289 e. The van der Waals surface area contributed by atoms with Gasteiger partial charge in [-0.1, -0.05) is 6.07 Å². The lowest BCUT2D eigenvalue weighted by atomic mass is 10.2. The Labute approximate surface area is 174 Å². The van der Waals surface area contributed by atoms with Crippen molar-refractivity contribution in [3.63, 3.8) is 0 Å². The second-order valence-electron chi connectivity index (χ2n) is 6.99. The van der Waals surface area contributed by atoms with E-state index in [4.69, 9.17) is 13.9 Å². The lowest BCUT2D eigenvalue weighted by molar-refractivity contribution is 0.0710. The summed E-state index contributed by atoms with van der Waals surface area (Å²) in [6.07, 6.45) is 0. The van der Waals surface area contributed by atoms with Crippen molar-refractivity contribution >= 4 is 11.6 Å². The van der Waals surface area contributed by atoms with E-state index in [0.29, 0.717) is 30.4 Å². The van der Waals surface area contributed by atoms with Crippen LogP contribution in [0.2, 0.25) is 0 Å². The Balaban J connectivity index is 1.31. The fourth-order valence-electron chi connectivity index (χ4n) is 3.39. The molecular formula is C23H23FN2O4. The number of amides is 1. The molecule has 0 radical (unpaired) electrons. The van der Waals surface area contributed by atoms with Crippen molar-refractivity contribution in [2.24, 2.45) is 0 Å². The van der Waals surface area contributed by atoms with Gasteiger partial charge in [0.2, 0.25) is 0 Å². The van der Waals surface area contributed by atoms with Crippen LogP contribution in [0.1, 0.15) is 16.3 Å². The summed E-state index contributed by atoms with van der Waals surface area (Å²) in [6.45, 7) is 2.86. The zero-order valence-electron chi connectivity index (χ0n) is 16.7. The van der Waals surface area contributed by atoms with Gasteiger partial charge in [0.15, 0.2) is 5.76 Å². The molecule has 1 saturated heterocycles. The summed E-state index contributed by atoms with van der Waals surface area (Å²) in [6, 6.07) is 17.1. The molecule has 156 valence electrons. The highest BCUT2D eigenvalue weighted by molar-refractivity contribution is 5.91. The Morgan fingerprint density at radius 3 is 2.50 bits per heavy atom. The van der Waals surface area contributed by atoms with E-state index in [1.807, 2.05) is 24.3 Å². The average molecular weight is 410 g/mol. The van der Waals surface area contributed by atoms with Gasteiger partial charge in [-0.25, -0.2) is 4.39 Å². The third-order valence-electron chi connectivity index (χ3n) is 5.05. The minimum atomic E-state index is -0.320. The van der Waals surface area contributed by atoms with Crippen LogP contribution >= 0.6 is 0 Å². The summed E-state index contributed by atoms with van der Waals surface area (Å²) in [4.78, 5) is 16.8. The molecule has 30 heavy (non-hydrogen) atoms. The summed E-state index contributed by atoms with van der Waals surface area (Å²) < 4.78 is 29.5. The fraction of sp³-hybridized carbons (Fsp3) is 0.261. The number of carbonyl (C=O) groups excluding carboxylic acids is 1. The first-order chi connectivity index (χ1) is 14.6. The number of anilines is 1. The van der Waals surface area contributed by atoms with Crippen LogP contribution < -0.4 is 14.4 Å². The number of methoxy groups -OCH3 is 1. The van der Waals surface area contributed by atoms with E-state index in [1.54, 1.807) is 36.3 Å². The summed E-state index contributed by atoms with van der Waals surface area (Å²) in [5.41, 5.74) is 1.08. The van der Waals surface area contributed by atoms with Gasteiger partial charge in [-0.2, -0.15) is 0 Å². The molecule has 0 unspecified atom stereocenters. The van der Waals surface area contributed by atoms with Gasteiger partial charge in [0.25, 0.3) is 5.91 Å². The molecule has 1 aromatic heterocycles. The van der Waals surface area contributed by atoms with Crippen molar-refractivity contribution in [3.8, 4) is 11.5 Å². The van der Waals surface area contributed by atoms with Crippen LogP contribution in [-0.4, -0.2) is 44.1 Å². The second kappa shape index (κ2) is 8.90. The highest BCUT2D eigenvalue weighted by atomic mass is 19.1. The van der Waals surface area contributed by atoms with Crippen molar-refractivity contribution in [2.45, 2.75) is 6.61 Å². The van der Waals surface area contributed by atoms with Crippen LogP contribution in [-0.2, 0) is 6.61 Å². The maximum Gasteiger partial charge on any atom is 0.289 e. The molecule has 2 heterocycles. The van der Waals surface area contributed by atoms with Crippen molar-refractivity contribution in [1.82, 2.24) is 4.90 Å². The van der Waals surface area contributed by atoms with Crippen molar-refractivity contribution in [1.29, 1.82) is 0 Å². The highest BCUT2D eigenvalue weighted by Gasteiger charge is 2.24. The number of hydrogen-bond donors (Lipinski definition) is 0. The van der Waals surface area contributed by atoms with Crippen LogP contribution in [0, 0.1) is 5.82 Å². The van der Waals surface area contributed by atoms with Crippen molar-refractivity contribution < 1.29 is 23.1 Å². The fourth-order valence-corrected chi connectivity index (χ4v) is 3.39. The number of nitrogens with zero attached hydrogens (tertiary/aromatic N) is 2. The zero-order valence-corrected chi connectivity index (χ0v) is 16.7. The normalized spacial score (nSPS) is 13.9. The van der Waals surface area contributed by atoms with E-state index < -0.39 is 0 Å². The monoisotopic (exact) mass is 410 g/mol. The molecule has 3 aromatic rings. The number of furan rings is 1. The number of rotatable bonds is 6. The van der Waals surface area contributed by atoms with Gasteiger partial charge in [0.1, 0.15) is 29.7 Å². The van der Waals surface area contributed by atoms with Crippen LogP contribution in [0.3, 0.4) is 0 Å². The molecule has 0 saturated carbocycles. The van der Waals surface area contributed by atoms with Gasteiger partial charge >= 0.3 is 0 Å². The molecule has 0 bridgehead atoms. The maximum atomic E-state index is 12.9. The first-order valence-corrected chi connectivity index (χ1v) is 9.78. The molecule has 2 aromatic carbocycles. The van der Waals surface area contributed by atoms with Crippen molar-refractivity contribution in [2.75, 3.05) is 38.2 Å². The van der Waals surface area contributed by atoms with E-state index in [1.165, 1.54) is 12.1 Å². The third kappa shape index (κ3) is 4.56. The van der Waals surface area contributed by atoms with Gasteiger partial charge in [-0.15, -0.1) is 0 Å². The largest absolute Gasteiger partial charge is 0.497 e. The molecule has 1 aliphatic rings. The van der Waals surface area contributed by atoms with Crippen LogP contribution in [0.4, 0.5) is 10.1 Å². The molecule has 1 fully saturated rings. The number of benzene rings is 2. The van der Waals surface area contributed by atoms with Gasteiger partial charge in [0, 0.05) is 37.9 Å². The second-order valence-corrected chi connectivity index (χ2v) is 6.99. The molecule has 0 spiro atoms. The summed E-state index contributed by atoms with van der Waals surface area (Å²) in [7, 11) is 1.65. The number of carbonyl (C=O) groups is 1. The quantitative estimate of drug-likeness (QED) is 0.616. The number of ether oxygens (including phenoxy) is 2. The first-order valence-electron chi connectivity index (χ1n) is 9.78. The van der Waals surface area contributed by atoms with Gasteiger partial charge in [-0.05, 0) is 48.5 Å². The lowest BCUT2D eigenvalue weighted by Crippen LogP contribution is -2.48. The van der Waals surface area contributed by atoms with E-state index >= 15 is 0 Å². The Hall–Kier alpha value is -3.48. The predicted molar refractivity (Wildman–Crippen MR) is 111 cm³/mol. The van der Waals surface area contributed by atoms with Crippen LogP contribution in [0.25, 0.3) is 0 Å². The highest BCUT2D eigenvalue weighted by Crippen LogP contribution is 2.23. The summed E-state index contributed by atoms with van der Waals surface area (Å²) in [5, 5.41) is 0. The molecule has 6 nitrogen and oxygen atoms in total. The topological polar surface area (TPSA) is 55.2 Å². The van der Waals surface area contributed by atoms with E-state index in [2.05, 4.69) is 4.90 Å². The molecule has 0 aliphatic carbocycles. The van der Waals surface area contributed by atoms with E-state index in [-0.39, 0.29) is 18.3 Å². The third-order valence-corrected chi connectivity index (χ3v) is 5.05. The van der Waals surface area contributed by atoms with Crippen LogP contribution in [0.15, 0.2) is 65.1 Å². The number of hydrogen-bond acceptors (Lipinski definition) is 5. The molecule has 7 heteroatoms. The van der Waals surface area contributed by atoms with E-state index in [0.717, 1.165) is 24.5 Å². The van der Waals surface area contributed by atoms with Crippen molar-refractivity contribution in [3.05, 3.63) is 78.0 Å². The Kier molecular flexibility index (Phi) is 5.88. The van der Waals surface area contributed by atoms with Gasteiger partial charge in [-0.3, -0.25) is 4.79 Å². The minimum absolute atomic E-state index is 0.131. The minimum Gasteiger partial charge on any atom is -0.497 e. The zero-order chi connectivity index (χ0) is 20.9. The first kappa shape index (κ1) is 19.8. The average Bonchev–Trinajstić information content (AvgIpc) is 3.27. The summed E-state index contributed by atoms with van der Waals surface area (Å²) in [5.74, 6) is 1.74. The Morgan fingerprint density at radius 2 is 1.77 bits per heavy atom. The molecular weight excluding hydrogens is 387 g/mol. The maximum absolute atomic E-state index is 12.9. The lowest BCUT2D eigenvalue weighted by Gasteiger charge is -2.35. The molecule has 0 N–H and O–H groups in total. The van der Waals surface area contributed by atoms with Crippen LogP contribution in [0.5, 0.6) is 11.5 Å². The molecule has 4 rings (SSSR count). The van der Waals surface area contributed by atoms with E-state index in [9.17, 15) is 9.18 Å². The SMILES string of the molecule is COc1cccc(N2CCN(C(=O)c3ccc(COc4ccc(F)cc4)o3)CC2)c1. The predicted octanol–water partition coefficient (Wildman–Crippen LogP) is 3.97. The van der Waals surface area contributed by atoms with Gasteiger partial charge < -0.3 is 23.7 Å². The molecule has 0 atom stereocenters. The Morgan fingerprint density at radius 1 is 1.00 bits per heavy atom. The summed E-state index contributed by atoms with van der Waals surface area (Å²) >= 11 is 0. The standard InChI is InChI=1S/C23H23FN2O4/c1-28-20-4-2-3-18(15-20)25-11-13-26(14-12-25)23(27)22-10-9-21(30-22)16-29-19-7-5-17(24)6-8-19/h2-10,15H,11-14,16H2,1H3.